The Balaban J connectivity index is 1.65. The molecule has 160 valence electrons. The molecule has 0 heterocycles. The van der Waals surface area contributed by atoms with E-state index in [1.165, 1.54) is 6.07 Å². The van der Waals surface area contributed by atoms with Crippen molar-refractivity contribution in [2.75, 3.05) is 0 Å². The molecular weight excluding hydrogens is 392 g/mol. The average Bonchev–Trinajstić information content (AvgIpc) is 2.78. The SMILES string of the molecule is CCC(Oc1ccc(-c2ccccc2)cc1)C(=O)Oc1cccc(C(=O)OC(C)C)c1. The molecule has 0 aliphatic heterocycles. The maximum Gasteiger partial charge on any atom is 0.352 e. The fourth-order valence-corrected chi connectivity index (χ4v) is 2.97. The van der Waals surface area contributed by atoms with Gasteiger partial charge in [-0.25, -0.2) is 9.59 Å². The van der Waals surface area contributed by atoms with Gasteiger partial charge in [0.05, 0.1) is 11.7 Å². The number of carbonyl (C=O) groups is 2. The van der Waals surface area contributed by atoms with Crippen LogP contribution in [0.5, 0.6) is 11.5 Å². The first kappa shape index (κ1) is 22.1. The van der Waals surface area contributed by atoms with Crippen LogP contribution in [0.3, 0.4) is 0 Å². The van der Waals surface area contributed by atoms with Crippen molar-refractivity contribution in [2.24, 2.45) is 0 Å². The average molecular weight is 418 g/mol. The van der Waals surface area contributed by atoms with Crippen LogP contribution in [0.4, 0.5) is 0 Å². The number of benzene rings is 3. The van der Waals surface area contributed by atoms with Gasteiger partial charge in [0.1, 0.15) is 11.5 Å². The lowest BCUT2D eigenvalue weighted by Gasteiger charge is -2.17. The molecule has 0 fully saturated rings. The van der Waals surface area contributed by atoms with Gasteiger partial charge in [-0.3, -0.25) is 0 Å². The molecule has 3 rings (SSSR count). The van der Waals surface area contributed by atoms with Gasteiger partial charge in [-0.2, -0.15) is 0 Å². The molecule has 0 N–H and O–H groups in total. The Kier molecular flexibility index (Phi) is 7.44. The van der Waals surface area contributed by atoms with Crippen molar-refractivity contribution >= 4 is 11.9 Å². The lowest BCUT2D eigenvalue weighted by atomic mass is 10.1. The van der Waals surface area contributed by atoms with Crippen LogP contribution in [-0.2, 0) is 9.53 Å². The van der Waals surface area contributed by atoms with E-state index in [4.69, 9.17) is 14.2 Å². The first-order valence-electron chi connectivity index (χ1n) is 10.3. The molecule has 0 amide bonds. The summed E-state index contributed by atoms with van der Waals surface area (Å²) >= 11 is 0. The topological polar surface area (TPSA) is 61.8 Å². The Bertz CT molecular complexity index is 1010. The molecule has 0 bridgehead atoms. The fraction of sp³-hybridized carbons (Fsp3) is 0.231. The number of carbonyl (C=O) groups excluding carboxylic acids is 2. The number of esters is 2. The summed E-state index contributed by atoms with van der Waals surface area (Å²) in [6.45, 7) is 5.40. The predicted molar refractivity (Wildman–Crippen MR) is 119 cm³/mol. The summed E-state index contributed by atoms with van der Waals surface area (Å²) in [5, 5.41) is 0. The van der Waals surface area contributed by atoms with Gasteiger partial charge in [0, 0.05) is 0 Å². The van der Waals surface area contributed by atoms with Gasteiger partial charge in [-0.1, -0.05) is 55.5 Å². The molecular formula is C26H26O5. The van der Waals surface area contributed by atoms with Crippen molar-refractivity contribution in [3.8, 4) is 22.6 Å². The third kappa shape index (κ3) is 6.19. The van der Waals surface area contributed by atoms with Crippen LogP contribution in [0, 0.1) is 0 Å². The third-order valence-electron chi connectivity index (χ3n) is 4.50. The summed E-state index contributed by atoms with van der Waals surface area (Å²) in [6, 6.07) is 24.0. The second-order valence-corrected chi connectivity index (χ2v) is 7.31. The molecule has 3 aromatic carbocycles. The summed E-state index contributed by atoms with van der Waals surface area (Å²) in [5.41, 5.74) is 2.49. The van der Waals surface area contributed by atoms with Crippen molar-refractivity contribution in [1.29, 1.82) is 0 Å². The molecule has 0 aliphatic rings. The van der Waals surface area contributed by atoms with Gasteiger partial charge < -0.3 is 14.2 Å². The molecule has 1 atom stereocenters. The lowest BCUT2D eigenvalue weighted by Crippen LogP contribution is -2.30. The number of hydrogen-bond donors (Lipinski definition) is 0. The summed E-state index contributed by atoms with van der Waals surface area (Å²) in [5.74, 6) is -0.138. The Hall–Kier alpha value is -3.60. The predicted octanol–water partition coefficient (Wildman–Crippen LogP) is 5.68. The quantitative estimate of drug-likeness (QED) is 0.348. The van der Waals surface area contributed by atoms with Crippen LogP contribution in [0.2, 0.25) is 0 Å². The van der Waals surface area contributed by atoms with E-state index in [1.807, 2.05) is 61.5 Å². The minimum absolute atomic E-state index is 0.232. The number of ether oxygens (including phenoxy) is 3. The maximum atomic E-state index is 12.6. The molecule has 0 saturated heterocycles. The number of rotatable bonds is 8. The number of hydrogen-bond acceptors (Lipinski definition) is 5. The highest BCUT2D eigenvalue weighted by Gasteiger charge is 2.21. The highest BCUT2D eigenvalue weighted by molar-refractivity contribution is 5.90. The van der Waals surface area contributed by atoms with E-state index < -0.39 is 18.0 Å². The molecule has 0 aliphatic carbocycles. The lowest BCUT2D eigenvalue weighted by molar-refractivity contribution is -0.142. The van der Waals surface area contributed by atoms with Gasteiger partial charge in [-0.05, 0) is 61.7 Å². The minimum Gasteiger partial charge on any atom is -0.479 e. The van der Waals surface area contributed by atoms with E-state index in [0.717, 1.165) is 11.1 Å². The van der Waals surface area contributed by atoms with E-state index in [2.05, 4.69) is 0 Å². The first-order valence-corrected chi connectivity index (χ1v) is 10.3. The summed E-state index contributed by atoms with van der Waals surface area (Å²) in [4.78, 5) is 24.7. The fourth-order valence-electron chi connectivity index (χ4n) is 2.97. The third-order valence-corrected chi connectivity index (χ3v) is 4.50. The van der Waals surface area contributed by atoms with Gasteiger partial charge in [0.25, 0.3) is 0 Å². The summed E-state index contributed by atoms with van der Waals surface area (Å²) < 4.78 is 16.5. The molecule has 0 spiro atoms. The van der Waals surface area contributed by atoms with E-state index >= 15 is 0 Å². The Morgan fingerprint density at radius 1 is 0.806 bits per heavy atom. The molecule has 0 saturated carbocycles. The molecule has 0 aromatic heterocycles. The zero-order chi connectivity index (χ0) is 22.2. The maximum absolute atomic E-state index is 12.6. The zero-order valence-electron chi connectivity index (χ0n) is 17.9. The van der Waals surface area contributed by atoms with Crippen molar-refractivity contribution in [3.63, 3.8) is 0 Å². The van der Waals surface area contributed by atoms with Gasteiger partial charge in [-0.15, -0.1) is 0 Å². The Morgan fingerprint density at radius 2 is 1.48 bits per heavy atom. The molecule has 5 nitrogen and oxygen atoms in total. The van der Waals surface area contributed by atoms with Crippen LogP contribution < -0.4 is 9.47 Å². The first-order chi connectivity index (χ1) is 15.0. The van der Waals surface area contributed by atoms with Gasteiger partial charge in [0.2, 0.25) is 0 Å². The monoisotopic (exact) mass is 418 g/mol. The Labute approximate surface area is 182 Å². The molecule has 1 unspecified atom stereocenters. The summed E-state index contributed by atoms with van der Waals surface area (Å²) in [7, 11) is 0. The Morgan fingerprint density at radius 3 is 2.13 bits per heavy atom. The van der Waals surface area contributed by atoms with Crippen molar-refractivity contribution in [3.05, 3.63) is 84.4 Å². The van der Waals surface area contributed by atoms with E-state index in [-0.39, 0.29) is 11.9 Å². The van der Waals surface area contributed by atoms with Crippen LogP contribution in [-0.4, -0.2) is 24.1 Å². The molecule has 3 aromatic rings. The highest BCUT2D eigenvalue weighted by atomic mass is 16.6. The van der Waals surface area contributed by atoms with Crippen molar-refractivity contribution in [1.82, 2.24) is 0 Å². The van der Waals surface area contributed by atoms with Crippen molar-refractivity contribution in [2.45, 2.75) is 39.4 Å². The van der Waals surface area contributed by atoms with Crippen molar-refractivity contribution < 1.29 is 23.8 Å². The molecule has 5 heteroatoms. The molecule has 31 heavy (non-hydrogen) atoms. The smallest absolute Gasteiger partial charge is 0.352 e. The second kappa shape index (κ2) is 10.4. The van der Waals surface area contributed by atoms with E-state index in [1.54, 1.807) is 32.0 Å². The van der Waals surface area contributed by atoms with Crippen LogP contribution in [0.1, 0.15) is 37.6 Å². The normalized spacial score (nSPS) is 11.6. The van der Waals surface area contributed by atoms with E-state index in [0.29, 0.717) is 17.7 Å². The van der Waals surface area contributed by atoms with E-state index in [9.17, 15) is 9.59 Å². The van der Waals surface area contributed by atoms with Crippen LogP contribution in [0.25, 0.3) is 11.1 Å². The minimum atomic E-state index is -0.770. The zero-order valence-corrected chi connectivity index (χ0v) is 17.9. The van der Waals surface area contributed by atoms with Gasteiger partial charge >= 0.3 is 11.9 Å². The molecule has 0 radical (unpaired) electrons. The van der Waals surface area contributed by atoms with Gasteiger partial charge in [0.15, 0.2) is 6.10 Å². The summed E-state index contributed by atoms with van der Waals surface area (Å²) in [6.07, 6.45) is -0.562. The highest BCUT2D eigenvalue weighted by Crippen LogP contribution is 2.23. The standard InChI is InChI=1S/C26H26O5/c1-4-24(30-22-15-13-20(14-16-22)19-9-6-5-7-10-19)26(28)31-23-12-8-11-21(17-23)25(27)29-18(2)3/h5-18,24H,4H2,1-3H3. The largest absolute Gasteiger partial charge is 0.479 e. The van der Waals surface area contributed by atoms with Crippen LogP contribution in [0.15, 0.2) is 78.9 Å². The van der Waals surface area contributed by atoms with Crippen LogP contribution >= 0.6 is 0 Å². The second-order valence-electron chi connectivity index (χ2n) is 7.31.